The molecular weight excluding hydrogens is 682 g/mol. The van der Waals surface area contributed by atoms with Crippen molar-refractivity contribution in [1.82, 2.24) is 4.90 Å². The first-order chi connectivity index (χ1) is 25.3. The second kappa shape index (κ2) is 18.1. The number of aliphatic carboxylic acids is 1. The molecule has 0 saturated carbocycles. The number of piperidine rings is 1. The highest BCUT2D eigenvalue weighted by atomic mass is 16.5. The maximum Gasteiger partial charge on any atom is 0.307 e. The number of benzene rings is 2. The monoisotopic (exact) mass is 727 g/mol. The number of methoxy groups -OCH3 is 4. The van der Waals surface area contributed by atoms with Crippen molar-refractivity contribution >= 4 is 35.0 Å². The Balaban J connectivity index is 0.000000241. The first-order valence-electron chi connectivity index (χ1n) is 17.2. The van der Waals surface area contributed by atoms with E-state index in [0.29, 0.717) is 40.7 Å². The van der Waals surface area contributed by atoms with Crippen molar-refractivity contribution in [2.75, 3.05) is 41.5 Å². The number of carbonyl (C=O) groups is 6. The number of carbonyl (C=O) groups excluding carboxylic acids is 5. The van der Waals surface area contributed by atoms with Crippen LogP contribution in [0, 0.1) is 0 Å². The predicted molar refractivity (Wildman–Crippen MR) is 193 cm³/mol. The lowest BCUT2D eigenvalue weighted by Crippen LogP contribution is -2.36. The van der Waals surface area contributed by atoms with Crippen LogP contribution in [0.15, 0.2) is 93.9 Å². The quantitative estimate of drug-likeness (QED) is 0.305. The Morgan fingerprint density at radius 3 is 1.25 bits per heavy atom. The van der Waals surface area contributed by atoms with E-state index in [2.05, 4.69) is 0 Å². The van der Waals surface area contributed by atoms with Gasteiger partial charge in [-0.05, 0) is 55.4 Å². The summed E-state index contributed by atoms with van der Waals surface area (Å²) in [4.78, 5) is 75.2. The van der Waals surface area contributed by atoms with E-state index in [4.69, 9.17) is 24.1 Å². The Hall–Kier alpha value is -5.78. The van der Waals surface area contributed by atoms with Gasteiger partial charge in [-0.2, -0.15) is 0 Å². The molecule has 1 fully saturated rings. The van der Waals surface area contributed by atoms with Gasteiger partial charge in [-0.25, -0.2) is 0 Å². The van der Waals surface area contributed by atoms with E-state index in [0.717, 1.165) is 42.6 Å². The molecule has 0 spiro atoms. The maximum absolute atomic E-state index is 12.8. The number of hydrogen-bond acceptors (Lipinski definition) is 10. The lowest BCUT2D eigenvalue weighted by atomic mass is 9.88. The molecule has 3 aliphatic rings. The van der Waals surface area contributed by atoms with E-state index >= 15 is 0 Å². The van der Waals surface area contributed by atoms with Gasteiger partial charge in [0.1, 0.15) is 0 Å². The summed E-state index contributed by atoms with van der Waals surface area (Å²) in [5, 5.41) is 8.78. The van der Waals surface area contributed by atoms with Gasteiger partial charge in [0, 0.05) is 48.2 Å². The summed E-state index contributed by atoms with van der Waals surface area (Å²) in [6, 6.07) is 14.5. The molecule has 12 heteroatoms. The molecule has 0 atom stereocenters. The van der Waals surface area contributed by atoms with Crippen molar-refractivity contribution in [3.8, 4) is 0 Å². The number of amides is 1. The number of hydrogen-bond donors (Lipinski definition) is 1. The largest absolute Gasteiger partial charge is 0.489 e. The fourth-order valence-corrected chi connectivity index (χ4v) is 6.37. The first kappa shape index (κ1) is 40.0. The standard InChI is InChI=1S/C23H27NO5.C18H18O6/c1-15-18(21(27)23(29-3)22(28-2)20(15)26)13-16-7-9-17(10-8-16)14-19(25)24-11-5-4-6-12-24;1-10-13(16(22)18(24-3)17(23-2)15(10)21)8-11-4-6-12(7-5-11)9-14(19)20/h7-10H,4-6,11-14H2,1-3H3;4-7H,8-9H2,1-3H3,(H,19,20). The van der Waals surface area contributed by atoms with Crippen LogP contribution in [0.3, 0.4) is 0 Å². The second-order valence-corrected chi connectivity index (χ2v) is 12.8. The minimum absolute atomic E-state index is 0.0506. The van der Waals surface area contributed by atoms with Crippen LogP contribution in [-0.4, -0.2) is 86.5 Å². The van der Waals surface area contributed by atoms with Crippen molar-refractivity contribution < 1.29 is 52.8 Å². The second-order valence-electron chi connectivity index (χ2n) is 12.8. The van der Waals surface area contributed by atoms with Gasteiger partial charge in [-0.3, -0.25) is 28.8 Å². The Morgan fingerprint density at radius 1 is 0.547 bits per heavy atom. The fourth-order valence-electron chi connectivity index (χ4n) is 6.37. The zero-order valence-corrected chi connectivity index (χ0v) is 31.0. The number of ketones is 4. The highest BCUT2D eigenvalue weighted by Crippen LogP contribution is 2.29. The van der Waals surface area contributed by atoms with Crippen LogP contribution in [-0.2, 0) is 73.4 Å². The van der Waals surface area contributed by atoms with E-state index in [-0.39, 0.29) is 64.9 Å². The van der Waals surface area contributed by atoms with Crippen molar-refractivity contribution in [2.45, 2.75) is 58.8 Å². The van der Waals surface area contributed by atoms with Gasteiger partial charge >= 0.3 is 5.97 Å². The first-order valence-corrected chi connectivity index (χ1v) is 17.2. The summed E-state index contributed by atoms with van der Waals surface area (Å²) in [5.41, 5.74) is 4.77. The Kier molecular flexibility index (Phi) is 13.7. The van der Waals surface area contributed by atoms with Crippen molar-refractivity contribution in [2.24, 2.45) is 0 Å². The average molecular weight is 728 g/mol. The van der Waals surface area contributed by atoms with Gasteiger partial charge in [0.15, 0.2) is 0 Å². The van der Waals surface area contributed by atoms with Crippen LogP contribution in [0.25, 0.3) is 0 Å². The highest BCUT2D eigenvalue weighted by Gasteiger charge is 2.35. The number of carboxylic acids is 1. The van der Waals surface area contributed by atoms with Crippen LogP contribution in [0.2, 0.25) is 0 Å². The van der Waals surface area contributed by atoms with Crippen LogP contribution in [0.1, 0.15) is 55.4 Å². The molecule has 0 bridgehead atoms. The molecule has 1 aliphatic heterocycles. The third-order valence-electron chi connectivity index (χ3n) is 9.42. The fraction of sp³-hybridized carbons (Fsp3) is 0.366. The SMILES string of the molecule is COC1=C(OC)C(=O)C(Cc2ccc(CC(=O)N3CCCCC3)cc2)=C(C)C1=O.COC1=C(OC)C(=O)C(Cc2ccc(CC(=O)O)cc2)=C(C)C1=O. The molecule has 1 N–H and O–H groups in total. The Morgan fingerprint density at radius 2 is 0.887 bits per heavy atom. The van der Waals surface area contributed by atoms with Crippen LogP contribution in [0.4, 0.5) is 0 Å². The average Bonchev–Trinajstić information content (AvgIpc) is 3.16. The molecule has 2 aromatic rings. The molecule has 1 heterocycles. The summed E-state index contributed by atoms with van der Waals surface area (Å²) in [6.45, 7) is 4.91. The summed E-state index contributed by atoms with van der Waals surface area (Å²) in [6.07, 6.45) is 4.25. The third-order valence-corrected chi connectivity index (χ3v) is 9.42. The zero-order chi connectivity index (χ0) is 38.8. The van der Waals surface area contributed by atoms with Crippen molar-refractivity contribution in [3.05, 3.63) is 116 Å². The zero-order valence-electron chi connectivity index (χ0n) is 31.0. The molecule has 5 rings (SSSR count). The van der Waals surface area contributed by atoms with Crippen molar-refractivity contribution in [3.63, 3.8) is 0 Å². The highest BCUT2D eigenvalue weighted by molar-refractivity contribution is 6.24. The number of allylic oxidation sites excluding steroid dienone is 4. The van der Waals surface area contributed by atoms with E-state index in [1.165, 1.54) is 34.9 Å². The third kappa shape index (κ3) is 9.37. The van der Waals surface area contributed by atoms with E-state index in [1.807, 2.05) is 29.2 Å². The number of Topliss-reactive ketones (excluding diaryl/α,β-unsaturated/α-hetero) is 4. The number of carboxylic acid groups (broad SMARTS) is 1. The Bertz CT molecular complexity index is 1900. The molecule has 12 nitrogen and oxygen atoms in total. The molecule has 0 aromatic heterocycles. The molecule has 2 aromatic carbocycles. The van der Waals surface area contributed by atoms with Gasteiger partial charge < -0.3 is 29.0 Å². The number of ether oxygens (including phenoxy) is 4. The van der Waals surface area contributed by atoms with Crippen LogP contribution < -0.4 is 0 Å². The number of nitrogens with zero attached hydrogens (tertiary/aromatic N) is 1. The molecular formula is C41H45NO11. The summed E-state index contributed by atoms with van der Waals surface area (Å²) < 4.78 is 20.2. The molecule has 1 amide bonds. The van der Waals surface area contributed by atoms with E-state index in [9.17, 15) is 28.8 Å². The van der Waals surface area contributed by atoms with Crippen LogP contribution in [0.5, 0.6) is 0 Å². The molecule has 1 saturated heterocycles. The van der Waals surface area contributed by atoms with Gasteiger partial charge in [0.2, 0.25) is 52.1 Å². The topological polar surface area (TPSA) is 163 Å². The lowest BCUT2D eigenvalue weighted by Gasteiger charge is -2.26. The molecule has 0 radical (unpaired) electrons. The van der Waals surface area contributed by atoms with E-state index in [1.54, 1.807) is 38.1 Å². The van der Waals surface area contributed by atoms with Gasteiger partial charge in [-0.15, -0.1) is 0 Å². The molecule has 53 heavy (non-hydrogen) atoms. The van der Waals surface area contributed by atoms with Crippen molar-refractivity contribution in [1.29, 1.82) is 0 Å². The maximum atomic E-state index is 12.8. The van der Waals surface area contributed by atoms with Gasteiger partial charge in [0.05, 0.1) is 41.3 Å². The molecule has 0 unspecified atom stereocenters. The van der Waals surface area contributed by atoms with Gasteiger partial charge in [0.25, 0.3) is 0 Å². The summed E-state index contributed by atoms with van der Waals surface area (Å²) in [7, 11) is 5.34. The predicted octanol–water partition coefficient (Wildman–Crippen LogP) is 4.59. The van der Waals surface area contributed by atoms with E-state index < -0.39 is 5.97 Å². The number of likely N-dealkylation sites (tertiary alicyclic amines) is 1. The number of rotatable bonds is 12. The normalized spacial score (nSPS) is 16.5. The molecule has 280 valence electrons. The minimum atomic E-state index is -0.906. The Labute approximate surface area is 308 Å². The summed E-state index contributed by atoms with van der Waals surface area (Å²) in [5.74, 6) is -2.43. The molecule has 2 aliphatic carbocycles. The lowest BCUT2D eigenvalue weighted by molar-refractivity contribution is -0.136. The van der Waals surface area contributed by atoms with Gasteiger partial charge in [-0.1, -0.05) is 48.5 Å². The minimum Gasteiger partial charge on any atom is -0.489 e. The smallest absolute Gasteiger partial charge is 0.307 e. The summed E-state index contributed by atoms with van der Waals surface area (Å²) >= 11 is 0. The van der Waals surface area contributed by atoms with Crippen LogP contribution >= 0.6 is 0 Å².